The second kappa shape index (κ2) is 4.52. The van der Waals surface area contributed by atoms with Gasteiger partial charge >= 0.3 is 0 Å². The molecular weight excluding hydrogens is 140 g/mol. The standard InChI is InChI=1S/C9H18O2/c1-6-7-9(2,3)8(10-4)11-5/h6,8H,1,7H2,2-5H3. The van der Waals surface area contributed by atoms with Crippen molar-refractivity contribution in [1.29, 1.82) is 0 Å². The number of hydrogen-bond donors (Lipinski definition) is 0. The molecule has 0 aliphatic rings. The fourth-order valence-corrected chi connectivity index (χ4v) is 1.20. The number of rotatable bonds is 5. The lowest BCUT2D eigenvalue weighted by Crippen LogP contribution is -2.32. The molecule has 0 atom stereocenters. The van der Waals surface area contributed by atoms with Gasteiger partial charge in [0.2, 0.25) is 0 Å². The first-order chi connectivity index (χ1) is 5.08. The van der Waals surface area contributed by atoms with E-state index in [-0.39, 0.29) is 11.7 Å². The van der Waals surface area contributed by atoms with Crippen LogP contribution in [-0.2, 0) is 9.47 Å². The van der Waals surface area contributed by atoms with Crippen LogP contribution in [0.3, 0.4) is 0 Å². The minimum Gasteiger partial charge on any atom is -0.355 e. The maximum Gasteiger partial charge on any atom is 0.162 e. The van der Waals surface area contributed by atoms with E-state index in [0.29, 0.717) is 0 Å². The lowest BCUT2D eigenvalue weighted by molar-refractivity contribution is -0.166. The average molecular weight is 158 g/mol. The van der Waals surface area contributed by atoms with Gasteiger partial charge in [-0.2, -0.15) is 0 Å². The summed E-state index contributed by atoms with van der Waals surface area (Å²) in [6.07, 6.45) is 2.62. The summed E-state index contributed by atoms with van der Waals surface area (Å²) in [5.74, 6) is 0. The van der Waals surface area contributed by atoms with Crippen molar-refractivity contribution < 1.29 is 9.47 Å². The van der Waals surface area contributed by atoms with Crippen LogP contribution in [0.4, 0.5) is 0 Å². The molecule has 0 bridgehead atoms. The second-order valence-electron chi connectivity index (χ2n) is 3.28. The van der Waals surface area contributed by atoms with Crippen LogP contribution in [0, 0.1) is 5.41 Å². The van der Waals surface area contributed by atoms with Gasteiger partial charge in [0.15, 0.2) is 6.29 Å². The van der Waals surface area contributed by atoms with E-state index in [0.717, 1.165) is 6.42 Å². The molecule has 0 fully saturated rings. The van der Waals surface area contributed by atoms with Gasteiger partial charge in [0, 0.05) is 19.6 Å². The van der Waals surface area contributed by atoms with Crippen LogP contribution >= 0.6 is 0 Å². The summed E-state index contributed by atoms with van der Waals surface area (Å²) in [5.41, 5.74) is 0.00521. The lowest BCUT2D eigenvalue weighted by Gasteiger charge is -2.30. The van der Waals surface area contributed by atoms with E-state index in [9.17, 15) is 0 Å². The fraction of sp³-hybridized carbons (Fsp3) is 0.778. The quantitative estimate of drug-likeness (QED) is 0.451. The molecule has 0 aromatic carbocycles. The van der Waals surface area contributed by atoms with E-state index in [1.54, 1.807) is 14.2 Å². The molecule has 0 saturated carbocycles. The Hall–Kier alpha value is -0.340. The van der Waals surface area contributed by atoms with Crippen molar-refractivity contribution >= 4 is 0 Å². The summed E-state index contributed by atoms with van der Waals surface area (Å²) in [6, 6.07) is 0. The van der Waals surface area contributed by atoms with Gasteiger partial charge in [-0.15, -0.1) is 6.58 Å². The van der Waals surface area contributed by atoms with Gasteiger partial charge in [0.1, 0.15) is 0 Å². The molecular formula is C9H18O2. The Kier molecular flexibility index (Phi) is 4.38. The fourth-order valence-electron chi connectivity index (χ4n) is 1.20. The zero-order valence-corrected chi connectivity index (χ0v) is 7.89. The van der Waals surface area contributed by atoms with Gasteiger partial charge in [-0.1, -0.05) is 19.9 Å². The molecule has 0 heterocycles. The van der Waals surface area contributed by atoms with E-state index in [1.165, 1.54) is 0 Å². The first-order valence-electron chi connectivity index (χ1n) is 3.75. The average Bonchev–Trinajstić information content (AvgIpc) is 1.89. The molecule has 0 aromatic rings. The van der Waals surface area contributed by atoms with Gasteiger partial charge in [0.05, 0.1) is 0 Å². The smallest absolute Gasteiger partial charge is 0.162 e. The predicted molar refractivity (Wildman–Crippen MR) is 46.4 cm³/mol. The van der Waals surface area contributed by atoms with Gasteiger partial charge in [-0.3, -0.25) is 0 Å². The zero-order chi connectivity index (χ0) is 8.91. The Balaban J connectivity index is 4.10. The zero-order valence-electron chi connectivity index (χ0n) is 7.89. The number of hydrogen-bond acceptors (Lipinski definition) is 2. The third kappa shape index (κ3) is 3.04. The first-order valence-corrected chi connectivity index (χ1v) is 3.75. The highest BCUT2D eigenvalue weighted by Crippen LogP contribution is 2.27. The SMILES string of the molecule is C=CCC(C)(C)C(OC)OC. The highest BCUT2D eigenvalue weighted by molar-refractivity contribution is 4.81. The van der Waals surface area contributed by atoms with E-state index in [2.05, 4.69) is 20.4 Å². The Labute approximate surface area is 69.2 Å². The van der Waals surface area contributed by atoms with Crippen molar-refractivity contribution in [2.45, 2.75) is 26.6 Å². The van der Waals surface area contributed by atoms with Crippen LogP contribution in [0.25, 0.3) is 0 Å². The Bertz CT molecular complexity index is 115. The predicted octanol–water partition coefficient (Wildman–Crippen LogP) is 2.21. The van der Waals surface area contributed by atoms with E-state index < -0.39 is 0 Å². The van der Waals surface area contributed by atoms with E-state index in [4.69, 9.17) is 9.47 Å². The van der Waals surface area contributed by atoms with Crippen molar-refractivity contribution in [3.8, 4) is 0 Å². The molecule has 11 heavy (non-hydrogen) atoms. The normalized spacial score (nSPS) is 12.1. The molecule has 0 aromatic heterocycles. The molecule has 0 aliphatic heterocycles. The monoisotopic (exact) mass is 158 g/mol. The molecule has 0 aliphatic carbocycles. The largest absolute Gasteiger partial charge is 0.355 e. The maximum absolute atomic E-state index is 5.15. The van der Waals surface area contributed by atoms with Crippen LogP contribution in [-0.4, -0.2) is 20.5 Å². The summed E-state index contributed by atoms with van der Waals surface area (Å²) in [4.78, 5) is 0. The Morgan fingerprint density at radius 1 is 1.36 bits per heavy atom. The van der Waals surface area contributed by atoms with Crippen LogP contribution in [0.15, 0.2) is 12.7 Å². The molecule has 0 rings (SSSR count). The lowest BCUT2D eigenvalue weighted by atomic mass is 9.88. The molecule has 0 spiro atoms. The third-order valence-corrected chi connectivity index (χ3v) is 1.74. The summed E-state index contributed by atoms with van der Waals surface area (Å²) in [5, 5.41) is 0. The van der Waals surface area contributed by atoms with Crippen LogP contribution in [0.2, 0.25) is 0 Å². The summed E-state index contributed by atoms with van der Waals surface area (Å²) >= 11 is 0. The molecule has 0 N–H and O–H groups in total. The highest BCUT2D eigenvalue weighted by atomic mass is 16.7. The van der Waals surface area contributed by atoms with Crippen molar-refractivity contribution in [2.75, 3.05) is 14.2 Å². The van der Waals surface area contributed by atoms with Crippen LogP contribution in [0.1, 0.15) is 20.3 Å². The number of methoxy groups -OCH3 is 2. The molecule has 0 saturated heterocycles. The third-order valence-electron chi connectivity index (χ3n) is 1.74. The molecule has 0 radical (unpaired) electrons. The molecule has 0 amide bonds. The summed E-state index contributed by atoms with van der Waals surface area (Å²) < 4.78 is 10.3. The van der Waals surface area contributed by atoms with Crippen molar-refractivity contribution in [3.05, 3.63) is 12.7 Å². The molecule has 2 nitrogen and oxygen atoms in total. The minimum atomic E-state index is -0.152. The van der Waals surface area contributed by atoms with Crippen LogP contribution in [0.5, 0.6) is 0 Å². The number of allylic oxidation sites excluding steroid dienone is 1. The Morgan fingerprint density at radius 3 is 2.09 bits per heavy atom. The molecule has 0 unspecified atom stereocenters. The highest BCUT2D eigenvalue weighted by Gasteiger charge is 2.27. The van der Waals surface area contributed by atoms with E-state index >= 15 is 0 Å². The van der Waals surface area contributed by atoms with Crippen molar-refractivity contribution in [1.82, 2.24) is 0 Å². The maximum atomic E-state index is 5.15. The second-order valence-corrected chi connectivity index (χ2v) is 3.28. The Morgan fingerprint density at radius 2 is 1.82 bits per heavy atom. The van der Waals surface area contributed by atoms with Gasteiger partial charge < -0.3 is 9.47 Å². The summed E-state index contributed by atoms with van der Waals surface area (Å²) in [6.45, 7) is 7.87. The van der Waals surface area contributed by atoms with Crippen LogP contribution < -0.4 is 0 Å². The van der Waals surface area contributed by atoms with Crippen molar-refractivity contribution in [2.24, 2.45) is 5.41 Å². The van der Waals surface area contributed by atoms with Gasteiger partial charge in [-0.05, 0) is 6.42 Å². The first kappa shape index (κ1) is 10.7. The molecule has 2 heteroatoms. The van der Waals surface area contributed by atoms with E-state index in [1.807, 2.05) is 6.08 Å². The minimum absolute atomic E-state index is 0.00521. The summed E-state index contributed by atoms with van der Waals surface area (Å²) in [7, 11) is 3.30. The van der Waals surface area contributed by atoms with Gasteiger partial charge in [0.25, 0.3) is 0 Å². The van der Waals surface area contributed by atoms with Gasteiger partial charge in [-0.25, -0.2) is 0 Å². The molecule has 66 valence electrons. The van der Waals surface area contributed by atoms with Crippen molar-refractivity contribution in [3.63, 3.8) is 0 Å². The topological polar surface area (TPSA) is 18.5 Å². The number of ether oxygens (including phenoxy) is 2.